The first-order valence-corrected chi connectivity index (χ1v) is 7.05. The van der Waals surface area contributed by atoms with E-state index < -0.39 is 35.0 Å². The first-order valence-electron chi connectivity index (χ1n) is 7.05. The molecule has 0 bridgehead atoms. The van der Waals surface area contributed by atoms with Crippen molar-refractivity contribution in [1.82, 2.24) is 0 Å². The summed E-state index contributed by atoms with van der Waals surface area (Å²) in [6, 6.07) is 5.63. The van der Waals surface area contributed by atoms with Gasteiger partial charge in [-0.05, 0) is 18.2 Å². The molecule has 0 aliphatic rings. The highest BCUT2D eigenvalue weighted by Crippen LogP contribution is 2.28. The molecule has 1 N–H and O–H groups in total. The van der Waals surface area contributed by atoms with Crippen molar-refractivity contribution in [2.75, 3.05) is 19.0 Å². The van der Waals surface area contributed by atoms with E-state index in [1.54, 1.807) is 0 Å². The largest absolute Gasteiger partial charge is 0.494 e. The molecule has 26 heavy (non-hydrogen) atoms. The number of nitro benzene ring substituents is 1. The molecule has 0 fully saturated rings. The molecular formula is C16H12F2N2O6. The van der Waals surface area contributed by atoms with Crippen LogP contribution >= 0.6 is 0 Å². The number of ether oxygens (including phenoxy) is 2. The van der Waals surface area contributed by atoms with Crippen LogP contribution in [-0.2, 0) is 9.53 Å². The predicted molar refractivity (Wildman–Crippen MR) is 84.9 cm³/mol. The van der Waals surface area contributed by atoms with Gasteiger partial charge in [0.25, 0.3) is 11.6 Å². The fourth-order valence-corrected chi connectivity index (χ4v) is 1.97. The zero-order valence-corrected chi connectivity index (χ0v) is 13.3. The number of anilines is 1. The number of non-ortho nitro benzene ring substituents is 1. The van der Waals surface area contributed by atoms with Crippen LogP contribution in [0, 0.1) is 21.7 Å². The Morgan fingerprint density at radius 3 is 2.38 bits per heavy atom. The second kappa shape index (κ2) is 8.01. The number of amides is 1. The van der Waals surface area contributed by atoms with Crippen LogP contribution in [0.15, 0.2) is 36.4 Å². The maximum Gasteiger partial charge on any atom is 0.338 e. The third-order valence-electron chi connectivity index (χ3n) is 3.10. The van der Waals surface area contributed by atoms with Gasteiger partial charge in [0.05, 0.1) is 29.4 Å². The van der Waals surface area contributed by atoms with Crippen LogP contribution in [0.3, 0.4) is 0 Å². The second-order valence-corrected chi connectivity index (χ2v) is 4.92. The SMILES string of the molecule is COc1cc([N+](=O)[O-])ccc1NC(=O)COC(=O)c1cc(F)cc(F)c1. The molecule has 2 aromatic carbocycles. The maximum absolute atomic E-state index is 13.1. The molecule has 2 aromatic rings. The Kier molecular flexibility index (Phi) is 5.78. The Morgan fingerprint density at radius 1 is 1.15 bits per heavy atom. The van der Waals surface area contributed by atoms with Crippen LogP contribution in [-0.4, -0.2) is 30.5 Å². The van der Waals surface area contributed by atoms with Crippen LogP contribution in [0.25, 0.3) is 0 Å². The van der Waals surface area contributed by atoms with Crippen LogP contribution < -0.4 is 10.1 Å². The lowest BCUT2D eigenvalue weighted by Gasteiger charge is -2.10. The fraction of sp³-hybridized carbons (Fsp3) is 0.125. The van der Waals surface area contributed by atoms with Crippen molar-refractivity contribution in [3.63, 3.8) is 0 Å². The average Bonchev–Trinajstić information content (AvgIpc) is 2.58. The van der Waals surface area contributed by atoms with E-state index in [-0.39, 0.29) is 22.7 Å². The number of carbonyl (C=O) groups excluding carboxylic acids is 2. The highest BCUT2D eigenvalue weighted by molar-refractivity contribution is 5.96. The Hall–Kier alpha value is -3.56. The Labute approximate surface area is 145 Å². The smallest absolute Gasteiger partial charge is 0.338 e. The lowest BCUT2D eigenvalue weighted by atomic mass is 10.2. The molecule has 0 spiro atoms. The first-order chi connectivity index (χ1) is 12.3. The van der Waals surface area contributed by atoms with Crippen LogP contribution in [0.1, 0.15) is 10.4 Å². The molecule has 1 amide bonds. The van der Waals surface area contributed by atoms with Crippen molar-refractivity contribution in [3.8, 4) is 5.75 Å². The van der Waals surface area contributed by atoms with Crippen molar-refractivity contribution < 1.29 is 32.8 Å². The summed E-state index contributed by atoms with van der Waals surface area (Å²) in [7, 11) is 1.26. The quantitative estimate of drug-likeness (QED) is 0.478. The molecule has 10 heteroatoms. The molecule has 136 valence electrons. The fourth-order valence-electron chi connectivity index (χ4n) is 1.97. The van der Waals surface area contributed by atoms with Crippen molar-refractivity contribution in [2.45, 2.75) is 0 Å². The number of methoxy groups -OCH3 is 1. The van der Waals surface area contributed by atoms with Crippen molar-refractivity contribution in [2.24, 2.45) is 0 Å². The summed E-state index contributed by atoms with van der Waals surface area (Å²) in [5.74, 6) is -3.75. The predicted octanol–water partition coefficient (Wildman–Crippen LogP) is 2.68. The minimum atomic E-state index is -1.09. The van der Waals surface area contributed by atoms with Gasteiger partial charge < -0.3 is 14.8 Å². The number of benzene rings is 2. The van der Waals surface area contributed by atoms with Gasteiger partial charge in [-0.15, -0.1) is 0 Å². The van der Waals surface area contributed by atoms with Gasteiger partial charge in [-0.25, -0.2) is 13.6 Å². The first kappa shape index (κ1) is 18.8. The van der Waals surface area contributed by atoms with Gasteiger partial charge in [0.2, 0.25) is 0 Å². The molecule has 0 aliphatic carbocycles. The molecular weight excluding hydrogens is 354 g/mol. The standard InChI is InChI=1S/C16H12F2N2O6/c1-25-14-7-12(20(23)24)2-3-13(14)19-15(21)8-26-16(22)9-4-10(17)6-11(18)5-9/h2-7H,8H2,1H3,(H,19,21). The highest BCUT2D eigenvalue weighted by atomic mass is 19.1. The Morgan fingerprint density at radius 2 is 1.81 bits per heavy atom. The number of carbonyl (C=O) groups is 2. The molecule has 8 nitrogen and oxygen atoms in total. The van der Waals surface area contributed by atoms with Crippen LogP contribution in [0.4, 0.5) is 20.2 Å². The lowest BCUT2D eigenvalue weighted by molar-refractivity contribution is -0.384. The van der Waals surface area contributed by atoms with E-state index >= 15 is 0 Å². The third-order valence-corrected chi connectivity index (χ3v) is 3.10. The Bertz CT molecular complexity index is 852. The molecule has 0 aliphatic heterocycles. The number of hydrogen-bond donors (Lipinski definition) is 1. The summed E-state index contributed by atoms with van der Waals surface area (Å²) in [5.41, 5.74) is -0.501. The highest BCUT2D eigenvalue weighted by Gasteiger charge is 2.16. The van der Waals surface area contributed by atoms with Crippen LogP contribution in [0.5, 0.6) is 5.75 Å². The number of hydrogen-bond acceptors (Lipinski definition) is 6. The van der Waals surface area contributed by atoms with Gasteiger partial charge >= 0.3 is 5.97 Å². The van der Waals surface area contributed by atoms with Gasteiger partial charge in [-0.3, -0.25) is 14.9 Å². The topological polar surface area (TPSA) is 108 Å². The van der Waals surface area contributed by atoms with E-state index in [4.69, 9.17) is 4.74 Å². The van der Waals surface area contributed by atoms with Gasteiger partial charge in [-0.1, -0.05) is 0 Å². The zero-order chi connectivity index (χ0) is 19.3. The molecule has 0 heterocycles. The zero-order valence-electron chi connectivity index (χ0n) is 13.3. The van der Waals surface area contributed by atoms with E-state index in [0.717, 1.165) is 24.3 Å². The van der Waals surface area contributed by atoms with Crippen molar-refractivity contribution >= 4 is 23.3 Å². The monoisotopic (exact) mass is 366 g/mol. The van der Waals surface area contributed by atoms with Crippen LogP contribution in [0.2, 0.25) is 0 Å². The maximum atomic E-state index is 13.1. The number of nitro groups is 1. The van der Waals surface area contributed by atoms with E-state index in [0.29, 0.717) is 6.07 Å². The summed E-state index contributed by atoms with van der Waals surface area (Å²) in [4.78, 5) is 33.6. The van der Waals surface area contributed by atoms with Crippen molar-refractivity contribution in [3.05, 3.63) is 63.7 Å². The molecule has 0 saturated heterocycles. The molecule has 0 saturated carbocycles. The summed E-state index contributed by atoms with van der Waals surface area (Å²) in [6.45, 7) is -0.739. The number of esters is 1. The van der Waals surface area contributed by atoms with Gasteiger partial charge in [0.15, 0.2) is 6.61 Å². The van der Waals surface area contributed by atoms with E-state index in [9.17, 15) is 28.5 Å². The molecule has 2 rings (SSSR count). The summed E-state index contributed by atoms with van der Waals surface area (Å²) in [6.07, 6.45) is 0. The molecule has 0 aromatic heterocycles. The number of nitrogens with one attached hydrogen (secondary N) is 1. The van der Waals surface area contributed by atoms with Crippen molar-refractivity contribution in [1.29, 1.82) is 0 Å². The number of nitrogens with zero attached hydrogens (tertiary/aromatic N) is 1. The van der Waals surface area contributed by atoms with Gasteiger partial charge in [-0.2, -0.15) is 0 Å². The molecule has 0 atom stereocenters. The number of rotatable bonds is 6. The average molecular weight is 366 g/mol. The van der Waals surface area contributed by atoms with E-state index in [2.05, 4.69) is 10.1 Å². The third kappa shape index (κ3) is 4.72. The normalized spacial score (nSPS) is 10.1. The lowest BCUT2D eigenvalue weighted by Crippen LogP contribution is -2.21. The summed E-state index contributed by atoms with van der Waals surface area (Å²) < 4.78 is 35.7. The Balaban J connectivity index is 2.00. The molecule has 0 unspecified atom stereocenters. The summed E-state index contributed by atoms with van der Waals surface area (Å²) in [5, 5.41) is 13.1. The van der Waals surface area contributed by atoms with E-state index in [1.807, 2.05) is 0 Å². The summed E-state index contributed by atoms with van der Waals surface area (Å²) >= 11 is 0. The second-order valence-electron chi connectivity index (χ2n) is 4.92. The minimum Gasteiger partial charge on any atom is -0.494 e. The number of halogens is 2. The van der Waals surface area contributed by atoms with E-state index in [1.165, 1.54) is 13.2 Å². The van der Waals surface area contributed by atoms with Gasteiger partial charge in [0.1, 0.15) is 17.4 Å². The minimum absolute atomic E-state index is 0.0334. The van der Waals surface area contributed by atoms with Gasteiger partial charge in [0, 0.05) is 12.1 Å². The molecule has 0 radical (unpaired) electrons.